The van der Waals surface area contributed by atoms with Crippen LogP contribution in [0.15, 0.2) is 71.6 Å². The van der Waals surface area contributed by atoms with Crippen LogP contribution >= 0.6 is 23.4 Å². The van der Waals surface area contributed by atoms with E-state index in [0.29, 0.717) is 65.9 Å². The van der Waals surface area contributed by atoms with Crippen LogP contribution in [-0.2, 0) is 34.9 Å². The topological polar surface area (TPSA) is 93.8 Å². The van der Waals surface area contributed by atoms with Gasteiger partial charge >= 0.3 is 5.97 Å². The monoisotopic (exact) mass is 727 g/mol. The highest BCUT2D eigenvalue weighted by Gasteiger charge is 2.29. The second kappa shape index (κ2) is 14.8. The van der Waals surface area contributed by atoms with Gasteiger partial charge in [-0.15, -0.1) is 11.8 Å². The Morgan fingerprint density at radius 3 is 2.67 bits per heavy atom. The van der Waals surface area contributed by atoms with Crippen molar-refractivity contribution >= 4 is 57.3 Å². The number of hydrogen-bond donors (Lipinski definition) is 0. The number of carbonyl (C=O) groups is 2. The van der Waals surface area contributed by atoms with Crippen molar-refractivity contribution < 1.29 is 32.9 Å². The number of benzene rings is 4. The maximum atomic E-state index is 14.3. The fourth-order valence-electron chi connectivity index (χ4n) is 6.75. The van der Waals surface area contributed by atoms with E-state index in [4.69, 9.17) is 30.5 Å². The number of halogens is 2. The Morgan fingerprint density at radius 1 is 1.08 bits per heavy atom. The lowest BCUT2D eigenvalue weighted by Gasteiger charge is -2.17. The normalized spacial score (nSPS) is 12.6. The summed E-state index contributed by atoms with van der Waals surface area (Å²) in [4.78, 5) is 26.5. The number of aryl methyl sites for hydroxylation is 2. The Labute approximate surface area is 303 Å². The molecule has 0 aliphatic carbocycles. The van der Waals surface area contributed by atoms with Gasteiger partial charge in [0, 0.05) is 49.6 Å². The number of hydrogen-bond acceptors (Lipinski definition) is 8. The van der Waals surface area contributed by atoms with E-state index in [1.807, 2.05) is 54.0 Å². The molecule has 51 heavy (non-hydrogen) atoms. The quantitative estimate of drug-likeness (QED) is 0.0535. The van der Waals surface area contributed by atoms with Crippen LogP contribution in [-0.4, -0.2) is 54.0 Å². The van der Waals surface area contributed by atoms with Crippen LogP contribution in [0.3, 0.4) is 0 Å². The number of aromatic nitrogens is 3. The van der Waals surface area contributed by atoms with Crippen LogP contribution < -0.4 is 9.47 Å². The van der Waals surface area contributed by atoms with E-state index in [9.17, 15) is 14.0 Å². The van der Waals surface area contributed by atoms with Crippen molar-refractivity contribution in [2.75, 3.05) is 27.4 Å². The van der Waals surface area contributed by atoms with Gasteiger partial charge in [-0.3, -0.25) is 9.48 Å². The maximum absolute atomic E-state index is 14.3. The van der Waals surface area contributed by atoms with E-state index in [1.165, 1.54) is 19.2 Å². The SMILES string of the molecule is COC(=O)c1c(C)c2c(-c3c(C=O)nn4c3COCC4)c(Cl)ccc2n1CCCOc1cc(SCc2ccc(OC)cc2)cc2cc(F)ccc12. The Hall–Kier alpha value is -4.84. The van der Waals surface area contributed by atoms with Crippen LogP contribution in [0.25, 0.3) is 32.8 Å². The summed E-state index contributed by atoms with van der Waals surface area (Å²) >= 11 is 8.51. The number of esters is 1. The lowest BCUT2D eigenvalue weighted by atomic mass is 9.96. The second-order valence-corrected chi connectivity index (χ2v) is 13.6. The summed E-state index contributed by atoms with van der Waals surface area (Å²) in [5.41, 5.74) is 5.22. The van der Waals surface area contributed by atoms with E-state index >= 15 is 0 Å². The van der Waals surface area contributed by atoms with Crippen molar-refractivity contribution in [3.63, 3.8) is 0 Å². The number of fused-ring (bicyclic) bond motifs is 3. The fraction of sp³-hybridized carbons (Fsp3) is 0.256. The summed E-state index contributed by atoms with van der Waals surface area (Å²) in [7, 11) is 2.99. The molecule has 0 spiro atoms. The molecule has 0 saturated carbocycles. The lowest BCUT2D eigenvalue weighted by molar-refractivity contribution is 0.0587. The number of methoxy groups -OCH3 is 2. The first-order valence-electron chi connectivity index (χ1n) is 16.5. The van der Waals surface area contributed by atoms with Gasteiger partial charge in [-0.05, 0) is 84.5 Å². The van der Waals surface area contributed by atoms with E-state index < -0.39 is 5.97 Å². The van der Waals surface area contributed by atoms with Crippen LogP contribution in [0.5, 0.6) is 11.5 Å². The molecule has 4 aromatic carbocycles. The van der Waals surface area contributed by atoms with Crippen LogP contribution in [0, 0.1) is 12.7 Å². The van der Waals surface area contributed by atoms with Gasteiger partial charge in [-0.25, -0.2) is 9.18 Å². The zero-order valence-electron chi connectivity index (χ0n) is 28.3. The highest BCUT2D eigenvalue weighted by molar-refractivity contribution is 7.98. The number of rotatable bonds is 12. The molecule has 0 radical (unpaired) electrons. The minimum absolute atomic E-state index is 0.265. The van der Waals surface area contributed by atoms with Gasteiger partial charge in [0.05, 0.1) is 46.3 Å². The van der Waals surface area contributed by atoms with Crippen LogP contribution in [0.1, 0.15) is 44.2 Å². The molecule has 1 aliphatic heterocycles. The Balaban J connectivity index is 1.18. The number of nitrogens with zero attached hydrogens (tertiary/aromatic N) is 3. The number of carbonyl (C=O) groups excluding carboxylic acids is 2. The van der Waals surface area contributed by atoms with Crippen LogP contribution in [0.4, 0.5) is 4.39 Å². The standard InChI is InChI=1S/C39H35ClFN3O6S/c1-23-35-32(12-11-30(40)36(35)37-31(20-45)42-44-14-16-49-21-33(37)44)43(38(23)39(46)48-3)13-4-15-50-34-19-28(18-25-17-26(41)7-10-29(25)34)51-22-24-5-8-27(47-2)9-6-24/h5-12,17-20H,4,13-16,21-22H2,1-3H3. The van der Waals surface area contributed by atoms with Crippen molar-refractivity contribution in [2.45, 2.75) is 43.7 Å². The molecule has 0 fully saturated rings. The third-order valence-corrected chi connectivity index (χ3v) is 10.5. The average Bonchev–Trinajstić information content (AvgIpc) is 3.66. The summed E-state index contributed by atoms with van der Waals surface area (Å²) in [6, 6.07) is 20.2. The smallest absolute Gasteiger partial charge is 0.354 e. The molecule has 7 rings (SSSR count). The summed E-state index contributed by atoms with van der Waals surface area (Å²) in [5.74, 6) is 1.36. The average molecular weight is 728 g/mol. The molecule has 0 saturated heterocycles. The minimum atomic E-state index is -0.489. The molecule has 0 bridgehead atoms. The maximum Gasteiger partial charge on any atom is 0.354 e. The van der Waals surface area contributed by atoms with Gasteiger partial charge < -0.3 is 23.5 Å². The Morgan fingerprint density at radius 2 is 1.90 bits per heavy atom. The largest absolute Gasteiger partial charge is 0.497 e. The third kappa shape index (κ3) is 6.69. The van der Waals surface area contributed by atoms with E-state index in [0.717, 1.165) is 55.6 Å². The molecule has 1 aliphatic rings. The van der Waals surface area contributed by atoms with Crippen molar-refractivity contribution in [2.24, 2.45) is 0 Å². The van der Waals surface area contributed by atoms with Gasteiger partial charge in [0.25, 0.3) is 0 Å². The highest BCUT2D eigenvalue weighted by Crippen LogP contribution is 2.43. The molecule has 2 aromatic heterocycles. The summed E-state index contributed by atoms with van der Waals surface area (Å²) in [6.07, 6.45) is 1.26. The number of thioether (sulfide) groups is 1. The van der Waals surface area contributed by atoms with Gasteiger partial charge in [0.15, 0.2) is 6.29 Å². The van der Waals surface area contributed by atoms with E-state index in [1.54, 1.807) is 35.7 Å². The van der Waals surface area contributed by atoms with Gasteiger partial charge in [-0.1, -0.05) is 23.7 Å². The molecule has 262 valence electrons. The third-order valence-electron chi connectivity index (χ3n) is 9.13. The molecule has 0 N–H and O–H groups in total. The summed E-state index contributed by atoms with van der Waals surface area (Å²) < 4.78 is 40.6. The predicted molar refractivity (Wildman–Crippen MR) is 196 cm³/mol. The number of ether oxygens (including phenoxy) is 4. The van der Waals surface area contributed by atoms with E-state index in [-0.39, 0.29) is 18.1 Å². The molecular formula is C39H35ClFN3O6S. The zero-order chi connectivity index (χ0) is 35.6. The van der Waals surface area contributed by atoms with Crippen molar-refractivity contribution in [3.8, 4) is 22.6 Å². The first-order valence-corrected chi connectivity index (χ1v) is 17.8. The summed E-state index contributed by atoms with van der Waals surface area (Å²) in [6.45, 7) is 3.90. The molecule has 3 heterocycles. The molecule has 12 heteroatoms. The molecule has 0 amide bonds. The molecule has 9 nitrogen and oxygen atoms in total. The van der Waals surface area contributed by atoms with Crippen molar-refractivity contribution in [1.82, 2.24) is 14.3 Å². The van der Waals surface area contributed by atoms with Gasteiger partial charge in [0.1, 0.15) is 28.7 Å². The van der Waals surface area contributed by atoms with Crippen molar-refractivity contribution in [3.05, 3.63) is 106 Å². The molecule has 0 unspecified atom stereocenters. The molecule has 0 atom stereocenters. The number of aldehydes is 1. The van der Waals surface area contributed by atoms with Crippen molar-refractivity contribution in [1.29, 1.82) is 0 Å². The minimum Gasteiger partial charge on any atom is -0.497 e. The first kappa shape index (κ1) is 34.6. The van der Waals surface area contributed by atoms with Crippen LogP contribution in [0.2, 0.25) is 5.02 Å². The predicted octanol–water partition coefficient (Wildman–Crippen LogP) is 8.66. The van der Waals surface area contributed by atoms with Gasteiger partial charge in [-0.2, -0.15) is 5.10 Å². The first-order chi connectivity index (χ1) is 24.8. The van der Waals surface area contributed by atoms with E-state index in [2.05, 4.69) is 5.10 Å². The highest BCUT2D eigenvalue weighted by atomic mass is 35.5. The Bertz CT molecular complexity index is 2280. The Kier molecular flexibility index (Phi) is 10.0. The van der Waals surface area contributed by atoms with Gasteiger partial charge in [0.2, 0.25) is 0 Å². The zero-order valence-corrected chi connectivity index (χ0v) is 29.9. The second-order valence-electron chi connectivity index (χ2n) is 12.2. The fourth-order valence-corrected chi connectivity index (χ4v) is 7.93. The molecule has 6 aromatic rings. The summed E-state index contributed by atoms with van der Waals surface area (Å²) in [5, 5.41) is 7.25. The lowest BCUT2D eigenvalue weighted by Crippen LogP contribution is -2.17. The molecular weight excluding hydrogens is 693 g/mol.